The summed E-state index contributed by atoms with van der Waals surface area (Å²) in [6, 6.07) is 24.3. The first-order valence-corrected chi connectivity index (χ1v) is 9.22. The smallest absolute Gasteiger partial charge is 0.260 e. The predicted molar refractivity (Wildman–Crippen MR) is 110 cm³/mol. The molecule has 3 aromatic carbocycles. The molecular weight excluding hydrogens is 334 g/mol. The largest absolute Gasteiger partial charge is 0.344 e. The van der Waals surface area contributed by atoms with E-state index >= 15 is 0 Å². The van der Waals surface area contributed by atoms with Crippen LogP contribution in [0.25, 0.3) is 10.8 Å². The van der Waals surface area contributed by atoms with Crippen molar-refractivity contribution in [2.24, 2.45) is 4.99 Å². The van der Waals surface area contributed by atoms with Crippen LogP contribution in [0.5, 0.6) is 0 Å². The molecule has 0 bridgehead atoms. The summed E-state index contributed by atoms with van der Waals surface area (Å²) < 4.78 is 0. The minimum atomic E-state index is -0.424. The molecule has 0 N–H and O–H groups in total. The second kappa shape index (κ2) is 7.23. The molecule has 136 valence electrons. The number of rotatable bonds is 3. The molecule has 0 saturated carbocycles. The van der Waals surface area contributed by atoms with Gasteiger partial charge in [-0.1, -0.05) is 72.8 Å². The quantitative estimate of drug-likeness (QED) is 0.717. The highest BCUT2D eigenvalue weighted by molar-refractivity contribution is 6.01. The van der Waals surface area contributed by atoms with Gasteiger partial charge in [0.1, 0.15) is 0 Å². The fraction of sp³-hybridized carbons (Fsp3) is 0.217. The molecule has 4 heteroatoms. The Morgan fingerprint density at radius 2 is 1.48 bits per heavy atom. The third-order valence-corrected chi connectivity index (χ3v) is 5.18. The summed E-state index contributed by atoms with van der Waals surface area (Å²) in [5.41, 5.74) is 1.96. The predicted octanol–water partition coefficient (Wildman–Crippen LogP) is 3.73. The van der Waals surface area contributed by atoms with E-state index in [1.54, 1.807) is 0 Å². The number of nitrogens with zero attached hydrogens (tertiary/aromatic N) is 3. The van der Waals surface area contributed by atoms with Gasteiger partial charge in [0.05, 0.1) is 5.92 Å². The Morgan fingerprint density at radius 3 is 2.22 bits per heavy atom. The SMILES string of the molecule is CN1CCN(C)C1=NC(=O)C(c1ccccc1)c1cccc2ccccc12. The van der Waals surface area contributed by atoms with Crippen LogP contribution in [0.4, 0.5) is 0 Å². The Kier molecular flexibility index (Phi) is 4.63. The Balaban J connectivity index is 1.85. The number of guanidine groups is 1. The van der Waals surface area contributed by atoms with E-state index in [0.717, 1.165) is 40.9 Å². The van der Waals surface area contributed by atoms with Gasteiger partial charge in [0.25, 0.3) is 5.91 Å². The van der Waals surface area contributed by atoms with Gasteiger partial charge >= 0.3 is 0 Å². The molecular formula is C23H23N3O. The average molecular weight is 357 g/mol. The van der Waals surface area contributed by atoms with Crippen LogP contribution in [0.2, 0.25) is 0 Å². The van der Waals surface area contributed by atoms with Crippen molar-refractivity contribution >= 4 is 22.6 Å². The van der Waals surface area contributed by atoms with Crippen LogP contribution in [-0.4, -0.2) is 48.9 Å². The van der Waals surface area contributed by atoms with Crippen molar-refractivity contribution in [1.82, 2.24) is 9.80 Å². The van der Waals surface area contributed by atoms with Gasteiger partial charge in [-0.05, 0) is 21.9 Å². The number of hydrogen-bond acceptors (Lipinski definition) is 1. The van der Waals surface area contributed by atoms with Gasteiger partial charge in [-0.25, -0.2) is 0 Å². The monoisotopic (exact) mass is 357 g/mol. The number of carbonyl (C=O) groups is 1. The minimum absolute atomic E-state index is 0.131. The molecule has 0 spiro atoms. The highest BCUT2D eigenvalue weighted by Crippen LogP contribution is 2.32. The molecule has 1 fully saturated rings. The molecule has 1 amide bonds. The summed E-state index contributed by atoms with van der Waals surface area (Å²) in [5.74, 6) is 0.182. The van der Waals surface area contributed by atoms with E-state index < -0.39 is 5.92 Å². The lowest BCUT2D eigenvalue weighted by Gasteiger charge is -2.20. The van der Waals surface area contributed by atoms with Gasteiger partial charge in [-0.3, -0.25) is 4.79 Å². The summed E-state index contributed by atoms with van der Waals surface area (Å²) in [6.07, 6.45) is 0. The number of fused-ring (bicyclic) bond motifs is 1. The molecule has 0 radical (unpaired) electrons. The van der Waals surface area contributed by atoms with Gasteiger partial charge in [0, 0.05) is 27.2 Å². The number of likely N-dealkylation sites (N-methyl/N-ethyl adjacent to an activating group) is 2. The van der Waals surface area contributed by atoms with Crippen LogP contribution in [0.3, 0.4) is 0 Å². The zero-order chi connectivity index (χ0) is 18.8. The molecule has 3 aromatic rings. The second-order valence-electron chi connectivity index (χ2n) is 7.01. The second-order valence-corrected chi connectivity index (χ2v) is 7.01. The molecule has 1 atom stereocenters. The highest BCUT2D eigenvalue weighted by atomic mass is 16.1. The molecule has 0 aliphatic carbocycles. The van der Waals surface area contributed by atoms with Crippen LogP contribution < -0.4 is 0 Å². The van der Waals surface area contributed by atoms with E-state index in [1.165, 1.54) is 0 Å². The summed E-state index contributed by atoms with van der Waals surface area (Å²) in [6.45, 7) is 1.76. The number of aliphatic imine (C=N–C) groups is 1. The Labute approximate surface area is 159 Å². The first-order valence-electron chi connectivity index (χ1n) is 9.22. The average Bonchev–Trinajstić information content (AvgIpc) is 3.01. The summed E-state index contributed by atoms with van der Waals surface area (Å²) in [4.78, 5) is 22.0. The van der Waals surface area contributed by atoms with Crippen LogP contribution in [0.15, 0.2) is 77.8 Å². The van der Waals surface area contributed by atoms with Crippen molar-refractivity contribution in [1.29, 1.82) is 0 Å². The maximum Gasteiger partial charge on any atom is 0.260 e. The molecule has 4 nitrogen and oxygen atoms in total. The third-order valence-electron chi connectivity index (χ3n) is 5.18. The van der Waals surface area contributed by atoms with E-state index in [4.69, 9.17) is 0 Å². The molecule has 27 heavy (non-hydrogen) atoms. The lowest BCUT2D eigenvalue weighted by molar-refractivity contribution is -0.118. The normalized spacial score (nSPS) is 15.3. The van der Waals surface area contributed by atoms with Crippen LogP contribution >= 0.6 is 0 Å². The minimum Gasteiger partial charge on any atom is -0.344 e. The number of hydrogen-bond donors (Lipinski definition) is 0. The van der Waals surface area contributed by atoms with Crippen molar-refractivity contribution in [2.75, 3.05) is 27.2 Å². The number of amides is 1. The molecule has 0 aromatic heterocycles. The van der Waals surface area contributed by atoms with Crippen molar-refractivity contribution in [2.45, 2.75) is 5.92 Å². The topological polar surface area (TPSA) is 35.9 Å². The van der Waals surface area contributed by atoms with Crippen molar-refractivity contribution in [3.05, 3.63) is 83.9 Å². The fourth-order valence-electron chi connectivity index (χ4n) is 3.73. The zero-order valence-electron chi connectivity index (χ0n) is 15.7. The van der Waals surface area contributed by atoms with Gasteiger partial charge < -0.3 is 9.80 Å². The summed E-state index contributed by atoms with van der Waals surface area (Å²) >= 11 is 0. The van der Waals surface area contributed by atoms with Crippen molar-refractivity contribution in [3.63, 3.8) is 0 Å². The van der Waals surface area contributed by atoms with Gasteiger partial charge in [0.2, 0.25) is 5.96 Å². The first kappa shape index (κ1) is 17.3. The first-order chi connectivity index (χ1) is 13.1. The molecule has 1 aliphatic rings. The molecule has 1 heterocycles. The van der Waals surface area contributed by atoms with E-state index in [1.807, 2.05) is 78.5 Å². The fourth-order valence-corrected chi connectivity index (χ4v) is 3.73. The lowest BCUT2D eigenvalue weighted by atomic mass is 9.87. The van der Waals surface area contributed by atoms with Crippen LogP contribution in [0, 0.1) is 0 Å². The maximum atomic E-state index is 13.4. The Hall–Kier alpha value is -3.14. The van der Waals surface area contributed by atoms with Crippen LogP contribution in [-0.2, 0) is 4.79 Å². The molecule has 1 unspecified atom stereocenters. The lowest BCUT2D eigenvalue weighted by Crippen LogP contribution is -2.30. The summed E-state index contributed by atoms with van der Waals surface area (Å²) in [5, 5.41) is 2.22. The van der Waals surface area contributed by atoms with E-state index in [0.29, 0.717) is 0 Å². The summed E-state index contributed by atoms with van der Waals surface area (Å²) in [7, 11) is 3.95. The van der Waals surface area contributed by atoms with Gasteiger partial charge in [0.15, 0.2) is 0 Å². The maximum absolute atomic E-state index is 13.4. The Bertz CT molecular complexity index is 979. The molecule has 1 saturated heterocycles. The van der Waals surface area contributed by atoms with E-state index in [-0.39, 0.29) is 5.91 Å². The number of carbonyl (C=O) groups excluding carboxylic acids is 1. The van der Waals surface area contributed by atoms with Crippen molar-refractivity contribution < 1.29 is 4.79 Å². The van der Waals surface area contributed by atoms with Gasteiger partial charge in [-0.15, -0.1) is 0 Å². The standard InChI is InChI=1S/C23H23N3O/c1-25-15-16-26(2)23(25)24-22(27)21(18-10-4-3-5-11-18)20-14-8-12-17-9-6-7-13-19(17)20/h3-14,21H,15-16H2,1-2H3. The number of benzene rings is 3. The Morgan fingerprint density at radius 1 is 0.852 bits per heavy atom. The van der Waals surface area contributed by atoms with E-state index in [9.17, 15) is 4.79 Å². The third kappa shape index (κ3) is 3.31. The molecule has 4 rings (SSSR count). The van der Waals surface area contributed by atoms with Gasteiger partial charge in [-0.2, -0.15) is 4.99 Å². The molecule has 1 aliphatic heterocycles. The zero-order valence-corrected chi connectivity index (χ0v) is 15.7. The highest BCUT2D eigenvalue weighted by Gasteiger charge is 2.27. The van der Waals surface area contributed by atoms with E-state index in [2.05, 4.69) is 23.2 Å². The van der Waals surface area contributed by atoms with Crippen LogP contribution in [0.1, 0.15) is 17.0 Å². The van der Waals surface area contributed by atoms with Crippen molar-refractivity contribution in [3.8, 4) is 0 Å².